The molecule has 6 nitrogen and oxygen atoms in total. The molecular formula is C22H22FN3O3. The van der Waals surface area contributed by atoms with Crippen molar-refractivity contribution in [2.24, 2.45) is 0 Å². The highest BCUT2D eigenvalue weighted by Crippen LogP contribution is 2.17. The first-order valence-corrected chi connectivity index (χ1v) is 9.37. The molecule has 150 valence electrons. The Bertz CT molecular complexity index is 1020. The SMILES string of the molecule is CC(Oc1ccccc1F)C(=O)NCCCn1nc(-c2ccccc2)ccc1=O. The molecule has 1 unspecified atom stereocenters. The Balaban J connectivity index is 1.51. The summed E-state index contributed by atoms with van der Waals surface area (Å²) in [5.41, 5.74) is 1.43. The zero-order valence-electron chi connectivity index (χ0n) is 16.0. The van der Waals surface area contributed by atoms with E-state index in [2.05, 4.69) is 10.4 Å². The molecule has 0 bridgehead atoms. The molecule has 1 N–H and O–H groups in total. The zero-order valence-corrected chi connectivity index (χ0v) is 16.0. The van der Waals surface area contributed by atoms with E-state index in [-0.39, 0.29) is 17.2 Å². The first-order chi connectivity index (χ1) is 14.0. The summed E-state index contributed by atoms with van der Waals surface area (Å²) in [5.74, 6) is -0.842. The van der Waals surface area contributed by atoms with E-state index < -0.39 is 11.9 Å². The van der Waals surface area contributed by atoms with Crippen LogP contribution in [0.1, 0.15) is 13.3 Å². The van der Waals surface area contributed by atoms with Crippen LogP contribution in [0.25, 0.3) is 11.3 Å². The van der Waals surface area contributed by atoms with Crippen molar-refractivity contribution in [2.45, 2.75) is 26.0 Å². The van der Waals surface area contributed by atoms with Gasteiger partial charge in [-0.15, -0.1) is 0 Å². The molecule has 0 aliphatic heterocycles. The standard InChI is InChI=1S/C22H22FN3O3/c1-16(29-20-11-6-5-10-18(20)23)22(28)24-14-7-15-26-21(27)13-12-19(25-26)17-8-3-2-4-9-17/h2-6,8-13,16H,7,14-15H2,1H3,(H,24,28). The van der Waals surface area contributed by atoms with Crippen molar-refractivity contribution in [3.63, 3.8) is 0 Å². The molecule has 1 amide bonds. The molecule has 3 aromatic rings. The number of carbonyl (C=O) groups is 1. The molecule has 0 fully saturated rings. The number of amides is 1. The van der Waals surface area contributed by atoms with Gasteiger partial charge in [0.1, 0.15) is 0 Å². The van der Waals surface area contributed by atoms with E-state index in [1.165, 1.54) is 22.9 Å². The van der Waals surface area contributed by atoms with Crippen LogP contribution in [0.5, 0.6) is 5.75 Å². The van der Waals surface area contributed by atoms with Crippen molar-refractivity contribution >= 4 is 5.91 Å². The molecule has 0 saturated heterocycles. The van der Waals surface area contributed by atoms with Crippen LogP contribution in [0, 0.1) is 5.82 Å². The number of hydrogen-bond donors (Lipinski definition) is 1. The lowest BCUT2D eigenvalue weighted by Gasteiger charge is -2.15. The number of aryl methyl sites for hydroxylation is 1. The second-order valence-electron chi connectivity index (χ2n) is 6.48. The molecule has 7 heteroatoms. The normalized spacial score (nSPS) is 11.7. The number of nitrogens with zero attached hydrogens (tertiary/aromatic N) is 2. The van der Waals surface area contributed by atoms with Crippen molar-refractivity contribution in [3.05, 3.63) is 82.9 Å². The molecule has 0 aliphatic rings. The van der Waals surface area contributed by atoms with Gasteiger partial charge in [-0.05, 0) is 31.5 Å². The second kappa shape index (κ2) is 9.64. The number of ether oxygens (including phenoxy) is 1. The lowest BCUT2D eigenvalue weighted by molar-refractivity contribution is -0.127. The third kappa shape index (κ3) is 5.51. The minimum atomic E-state index is -0.839. The van der Waals surface area contributed by atoms with Gasteiger partial charge in [-0.3, -0.25) is 9.59 Å². The maximum Gasteiger partial charge on any atom is 0.266 e. The Morgan fingerprint density at radius 1 is 1.10 bits per heavy atom. The van der Waals surface area contributed by atoms with Crippen molar-refractivity contribution < 1.29 is 13.9 Å². The topological polar surface area (TPSA) is 73.2 Å². The predicted octanol–water partition coefficient (Wildman–Crippen LogP) is 3.02. The molecule has 0 aliphatic carbocycles. The van der Waals surface area contributed by atoms with Crippen LogP contribution >= 0.6 is 0 Å². The molecule has 1 heterocycles. The molecule has 1 atom stereocenters. The summed E-state index contributed by atoms with van der Waals surface area (Å²) < 4.78 is 20.3. The van der Waals surface area contributed by atoms with Gasteiger partial charge in [-0.1, -0.05) is 42.5 Å². The van der Waals surface area contributed by atoms with Crippen LogP contribution in [0.2, 0.25) is 0 Å². The molecular weight excluding hydrogens is 373 g/mol. The quantitative estimate of drug-likeness (QED) is 0.595. The zero-order chi connectivity index (χ0) is 20.6. The van der Waals surface area contributed by atoms with Gasteiger partial charge in [0, 0.05) is 24.7 Å². The van der Waals surface area contributed by atoms with E-state index >= 15 is 0 Å². The van der Waals surface area contributed by atoms with Crippen LogP contribution in [0.3, 0.4) is 0 Å². The smallest absolute Gasteiger partial charge is 0.266 e. The summed E-state index contributed by atoms with van der Waals surface area (Å²) in [6, 6.07) is 18.7. The van der Waals surface area contributed by atoms with E-state index in [4.69, 9.17) is 4.74 Å². The summed E-state index contributed by atoms with van der Waals surface area (Å²) in [4.78, 5) is 24.2. The van der Waals surface area contributed by atoms with Crippen LogP contribution < -0.4 is 15.6 Å². The summed E-state index contributed by atoms with van der Waals surface area (Å²) >= 11 is 0. The highest BCUT2D eigenvalue weighted by Gasteiger charge is 2.15. The second-order valence-corrected chi connectivity index (χ2v) is 6.48. The minimum absolute atomic E-state index is 0.0311. The fourth-order valence-corrected chi connectivity index (χ4v) is 2.74. The van der Waals surface area contributed by atoms with Gasteiger partial charge in [0.2, 0.25) is 0 Å². The van der Waals surface area contributed by atoms with Gasteiger partial charge < -0.3 is 10.1 Å². The molecule has 1 aromatic heterocycles. The van der Waals surface area contributed by atoms with E-state index in [1.807, 2.05) is 30.3 Å². The summed E-state index contributed by atoms with van der Waals surface area (Å²) in [7, 11) is 0. The number of hydrogen-bond acceptors (Lipinski definition) is 4. The van der Waals surface area contributed by atoms with E-state index in [0.717, 1.165) is 5.56 Å². The molecule has 29 heavy (non-hydrogen) atoms. The lowest BCUT2D eigenvalue weighted by atomic mass is 10.1. The summed E-state index contributed by atoms with van der Waals surface area (Å²) in [6.07, 6.45) is -0.322. The Hall–Kier alpha value is -3.48. The van der Waals surface area contributed by atoms with Crippen LogP contribution in [-0.4, -0.2) is 28.3 Å². The summed E-state index contributed by atoms with van der Waals surface area (Å²) in [6.45, 7) is 2.26. The van der Waals surface area contributed by atoms with Gasteiger partial charge in [-0.2, -0.15) is 5.10 Å². The Morgan fingerprint density at radius 2 is 1.83 bits per heavy atom. The first-order valence-electron chi connectivity index (χ1n) is 9.37. The average molecular weight is 395 g/mol. The van der Waals surface area contributed by atoms with Crippen LogP contribution in [0.15, 0.2) is 71.5 Å². The monoisotopic (exact) mass is 395 g/mol. The van der Waals surface area contributed by atoms with Gasteiger partial charge in [0.25, 0.3) is 11.5 Å². The number of carbonyl (C=O) groups excluding carboxylic acids is 1. The third-order valence-electron chi connectivity index (χ3n) is 4.29. The maximum absolute atomic E-state index is 13.6. The Labute approximate surface area is 168 Å². The Kier molecular flexibility index (Phi) is 6.73. The van der Waals surface area contributed by atoms with Crippen molar-refractivity contribution in [3.8, 4) is 17.0 Å². The average Bonchev–Trinajstić information content (AvgIpc) is 2.74. The van der Waals surface area contributed by atoms with Crippen LogP contribution in [0.4, 0.5) is 4.39 Å². The number of halogens is 1. The highest BCUT2D eigenvalue weighted by atomic mass is 19.1. The number of benzene rings is 2. The van der Waals surface area contributed by atoms with E-state index in [0.29, 0.717) is 25.2 Å². The van der Waals surface area contributed by atoms with Crippen LogP contribution in [-0.2, 0) is 11.3 Å². The fraction of sp³-hybridized carbons (Fsp3) is 0.227. The maximum atomic E-state index is 13.6. The van der Waals surface area contributed by atoms with Gasteiger partial charge in [-0.25, -0.2) is 9.07 Å². The molecule has 2 aromatic carbocycles. The van der Waals surface area contributed by atoms with Crippen molar-refractivity contribution in [1.82, 2.24) is 15.1 Å². The first kappa shape index (κ1) is 20.3. The van der Waals surface area contributed by atoms with Crippen molar-refractivity contribution in [1.29, 1.82) is 0 Å². The number of nitrogens with one attached hydrogen (secondary N) is 1. The highest BCUT2D eigenvalue weighted by molar-refractivity contribution is 5.80. The largest absolute Gasteiger partial charge is 0.478 e. The molecule has 0 radical (unpaired) electrons. The third-order valence-corrected chi connectivity index (χ3v) is 4.29. The molecule has 0 saturated carbocycles. The van der Waals surface area contributed by atoms with E-state index in [1.54, 1.807) is 25.1 Å². The molecule has 0 spiro atoms. The molecule has 3 rings (SSSR count). The predicted molar refractivity (Wildman–Crippen MR) is 108 cm³/mol. The lowest BCUT2D eigenvalue weighted by Crippen LogP contribution is -2.37. The van der Waals surface area contributed by atoms with Gasteiger partial charge >= 0.3 is 0 Å². The van der Waals surface area contributed by atoms with Gasteiger partial charge in [0.05, 0.1) is 5.69 Å². The minimum Gasteiger partial charge on any atom is -0.478 e. The van der Waals surface area contributed by atoms with Crippen molar-refractivity contribution in [2.75, 3.05) is 6.54 Å². The Morgan fingerprint density at radius 3 is 2.59 bits per heavy atom. The number of rotatable bonds is 8. The number of aromatic nitrogens is 2. The van der Waals surface area contributed by atoms with Gasteiger partial charge in [0.15, 0.2) is 17.7 Å². The number of para-hydroxylation sites is 1. The fourth-order valence-electron chi connectivity index (χ4n) is 2.74. The summed E-state index contributed by atoms with van der Waals surface area (Å²) in [5, 5.41) is 7.11. The van der Waals surface area contributed by atoms with E-state index in [9.17, 15) is 14.0 Å².